The molecule has 18 heavy (non-hydrogen) atoms. The van der Waals surface area contributed by atoms with Crippen LogP contribution in [0.4, 0.5) is 0 Å². The zero-order valence-corrected chi connectivity index (χ0v) is 12.0. The Kier molecular flexibility index (Phi) is 5.42. The molecular weight excluding hydrogens is 228 g/mol. The summed E-state index contributed by atoms with van der Waals surface area (Å²) in [5.41, 5.74) is 0. The van der Waals surface area contributed by atoms with E-state index in [1.165, 1.54) is 12.8 Å². The van der Waals surface area contributed by atoms with E-state index >= 15 is 0 Å². The summed E-state index contributed by atoms with van der Waals surface area (Å²) in [6.45, 7) is 11.6. The van der Waals surface area contributed by atoms with Gasteiger partial charge in [-0.25, -0.2) is 0 Å². The summed E-state index contributed by atoms with van der Waals surface area (Å²) in [6.07, 6.45) is 3.12. The molecule has 0 aromatic rings. The molecule has 0 bridgehead atoms. The highest BCUT2D eigenvalue weighted by molar-refractivity contribution is 4.80. The molecule has 0 amide bonds. The van der Waals surface area contributed by atoms with E-state index in [9.17, 15) is 0 Å². The first-order valence-electron chi connectivity index (χ1n) is 7.37. The lowest BCUT2D eigenvalue weighted by Gasteiger charge is -2.36. The van der Waals surface area contributed by atoms with Crippen LogP contribution in [0.5, 0.6) is 0 Å². The van der Waals surface area contributed by atoms with Crippen molar-refractivity contribution in [1.82, 2.24) is 10.2 Å². The monoisotopic (exact) mass is 256 g/mol. The maximum atomic E-state index is 5.83. The number of nitrogens with zero attached hydrogens (tertiary/aromatic N) is 1. The van der Waals surface area contributed by atoms with Gasteiger partial charge in [0.1, 0.15) is 0 Å². The van der Waals surface area contributed by atoms with E-state index in [0.717, 1.165) is 32.8 Å². The van der Waals surface area contributed by atoms with Crippen LogP contribution in [0.2, 0.25) is 0 Å². The number of ether oxygens (including phenoxy) is 2. The summed E-state index contributed by atoms with van der Waals surface area (Å²) in [6, 6.07) is 1.05. The quantitative estimate of drug-likeness (QED) is 0.803. The molecule has 3 atom stereocenters. The SMILES string of the molecule is CC(NCC1CN(C(C)C)CCO1)C1CCCO1. The lowest BCUT2D eigenvalue weighted by Crippen LogP contribution is -2.51. The molecule has 2 aliphatic heterocycles. The van der Waals surface area contributed by atoms with E-state index in [1.807, 2.05) is 0 Å². The van der Waals surface area contributed by atoms with Gasteiger partial charge < -0.3 is 14.8 Å². The average molecular weight is 256 g/mol. The summed E-state index contributed by atoms with van der Waals surface area (Å²) in [7, 11) is 0. The first-order valence-corrected chi connectivity index (χ1v) is 7.37. The zero-order valence-electron chi connectivity index (χ0n) is 12.0. The third-order valence-electron chi connectivity index (χ3n) is 4.09. The first-order chi connectivity index (χ1) is 8.66. The molecular formula is C14H28N2O2. The van der Waals surface area contributed by atoms with Crippen LogP contribution in [0.15, 0.2) is 0 Å². The molecule has 0 aromatic heterocycles. The topological polar surface area (TPSA) is 33.7 Å². The summed E-state index contributed by atoms with van der Waals surface area (Å²) >= 11 is 0. The molecule has 2 fully saturated rings. The van der Waals surface area contributed by atoms with Gasteiger partial charge in [-0.15, -0.1) is 0 Å². The van der Waals surface area contributed by atoms with Crippen LogP contribution in [-0.2, 0) is 9.47 Å². The zero-order chi connectivity index (χ0) is 13.0. The van der Waals surface area contributed by atoms with Crippen molar-refractivity contribution < 1.29 is 9.47 Å². The summed E-state index contributed by atoms with van der Waals surface area (Å²) < 4.78 is 11.5. The number of rotatable bonds is 5. The van der Waals surface area contributed by atoms with Gasteiger partial charge in [-0.05, 0) is 33.6 Å². The van der Waals surface area contributed by atoms with Gasteiger partial charge in [-0.3, -0.25) is 4.90 Å². The van der Waals surface area contributed by atoms with Gasteiger partial charge in [0.2, 0.25) is 0 Å². The van der Waals surface area contributed by atoms with Crippen molar-refractivity contribution in [3.63, 3.8) is 0 Å². The van der Waals surface area contributed by atoms with Gasteiger partial charge in [0.25, 0.3) is 0 Å². The Morgan fingerprint density at radius 3 is 2.72 bits per heavy atom. The van der Waals surface area contributed by atoms with Crippen molar-refractivity contribution in [2.45, 2.75) is 57.9 Å². The van der Waals surface area contributed by atoms with Crippen LogP contribution in [0.1, 0.15) is 33.6 Å². The number of hydrogen-bond acceptors (Lipinski definition) is 4. The number of nitrogens with one attached hydrogen (secondary N) is 1. The Morgan fingerprint density at radius 1 is 1.22 bits per heavy atom. The fourth-order valence-electron chi connectivity index (χ4n) is 2.78. The average Bonchev–Trinajstić information content (AvgIpc) is 2.90. The van der Waals surface area contributed by atoms with Crippen molar-refractivity contribution in [2.24, 2.45) is 0 Å². The standard InChI is InChI=1S/C14H28N2O2/c1-11(2)16-6-8-17-13(10-16)9-15-12(3)14-5-4-7-18-14/h11-15H,4-10H2,1-3H3. The van der Waals surface area contributed by atoms with Crippen molar-refractivity contribution in [2.75, 3.05) is 32.8 Å². The predicted molar refractivity (Wildman–Crippen MR) is 72.9 cm³/mol. The maximum absolute atomic E-state index is 5.83. The van der Waals surface area contributed by atoms with Crippen LogP contribution in [0, 0.1) is 0 Å². The molecule has 0 aromatic carbocycles. The summed E-state index contributed by atoms with van der Waals surface area (Å²) in [5, 5.41) is 3.58. The van der Waals surface area contributed by atoms with Crippen molar-refractivity contribution in [3.05, 3.63) is 0 Å². The Balaban J connectivity index is 1.69. The van der Waals surface area contributed by atoms with Crippen molar-refractivity contribution in [3.8, 4) is 0 Å². The molecule has 2 aliphatic rings. The third-order valence-corrected chi connectivity index (χ3v) is 4.09. The van der Waals surface area contributed by atoms with E-state index in [2.05, 4.69) is 31.0 Å². The van der Waals surface area contributed by atoms with Gasteiger partial charge in [-0.2, -0.15) is 0 Å². The maximum Gasteiger partial charge on any atom is 0.0826 e. The van der Waals surface area contributed by atoms with Crippen LogP contribution in [0.25, 0.3) is 0 Å². The Hall–Kier alpha value is -0.160. The van der Waals surface area contributed by atoms with Crippen LogP contribution in [-0.4, -0.2) is 62.0 Å². The van der Waals surface area contributed by atoms with E-state index in [1.54, 1.807) is 0 Å². The Bertz CT molecular complexity index is 242. The van der Waals surface area contributed by atoms with E-state index in [4.69, 9.17) is 9.47 Å². The predicted octanol–water partition coefficient (Wildman–Crippen LogP) is 1.25. The van der Waals surface area contributed by atoms with Gasteiger partial charge >= 0.3 is 0 Å². The molecule has 2 saturated heterocycles. The summed E-state index contributed by atoms with van der Waals surface area (Å²) in [4.78, 5) is 2.49. The normalized spacial score (nSPS) is 32.0. The molecule has 2 rings (SSSR count). The molecule has 0 aliphatic carbocycles. The fraction of sp³-hybridized carbons (Fsp3) is 1.00. The Labute approximate surface area is 111 Å². The van der Waals surface area contributed by atoms with E-state index in [0.29, 0.717) is 24.3 Å². The third kappa shape index (κ3) is 3.92. The van der Waals surface area contributed by atoms with Crippen molar-refractivity contribution >= 4 is 0 Å². The second kappa shape index (κ2) is 6.85. The van der Waals surface area contributed by atoms with Gasteiger partial charge in [0.05, 0.1) is 18.8 Å². The van der Waals surface area contributed by atoms with Gasteiger partial charge in [-0.1, -0.05) is 0 Å². The molecule has 0 saturated carbocycles. The minimum Gasteiger partial charge on any atom is -0.377 e. The number of hydrogen-bond donors (Lipinski definition) is 1. The first kappa shape index (κ1) is 14.3. The van der Waals surface area contributed by atoms with Crippen molar-refractivity contribution in [1.29, 1.82) is 0 Å². The van der Waals surface area contributed by atoms with Gasteiger partial charge in [0.15, 0.2) is 0 Å². The highest BCUT2D eigenvalue weighted by atomic mass is 16.5. The second-order valence-electron chi connectivity index (χ2n) is 5.83. The molecule has 0 spiro atoms. The van der Waals surface area contributed by atoms with Gasteiger partial charge in [0, 0.05) is 38.3 Å². The molecule has 2 heterocycles. The largest absolute Gasteiger partial charge is 0.377 e. The second-order valence-corrected chi connectivity index (χ2v) is 5.83. The molecule has 0 radical (unpaired) electrons. The lowest BCUT2D eigenvalue weighted by molar-refractivity contribution is -0.0400. The molecule has 106 valence electrons. The lowest BCUT2D eigenvalue weighted by atomic mass is 10.1. The van der Waals surface area contributed by atoms with Crippen LogP contribution in [0.3, 0.4) is 0 Å². The summed E-state index contributed by atoms with van der Waals surface area (Å²) in [5.74, 6) is 0. The van der Waals surface area contributed by atoms with E-state index < -0.39 is 0 Å². The van der Waals surface area contributed by atoms with Crippen LogP contribution < -0.4 is 5.32 Å². The smallest absolute Gasteiger partial charge is 0.0826 e. The fourth-order valence-corrected chi connectivity index (χ4v) is 2.78. The minimum atomic E-state index is 0.324. The molecule has 3 unspecified atom stereocenters. The molecule has 4 nitrogen and oxygen atoms in total. The molecule has 4 heteroatoms. The Morgan fingerprint density at radius 2 is 2.06 bits per heavy atom. The highest BCUT2D eigenvalue weighted by Gasteiger charge is 2.25. The number of morpholine rings is 1. The van der Waals surface area contributed by atoms with E-state index in [-0.39, 0.29) is 0 Å². The molecule has 1 N–H and O–H groups in total. The highest BCUT2D eigenvalue weighted by Crippen LogP contribution is 2.15. The van der Waals surface area contributed by atoms with Crippen LogP contribution >= 0.6 is 0 Å². The minimum absolute atomic E-state index is 0.324.